The monoisotopic (exact) mass is 401 g/mol. The zero-order chi connectivity index (χ0) is 19.4. The highest BCUT2D eigenvalue weighted by Gasteiger charge is 2.36. The molecule has 0 radical (unpaired) electrons. The second kappa shape index (κ2) is 8.33. The molecule has 0 aliphatic carbocycles. The van der Waals surface area contributed by atoms with Gasteiger partial charge in [0.1, 0.15) is 6.61 Å². The van der Waals surface area contributed by atoms with E-state index in [1.54, 1.807) is 54.6 Å². The van der Waals surface area contributed by atoms with Gasteiger partial charge in [-0.3, -0.25) is 9.59 Å². The summed E-state index contributed by atoms with van der Waals surface area (Å²) >= 11 is 6.84. The van der Waals surface area contributed by atoms with Crippen molar-refractivity contribution in [3.8, 4) is 11.5 Å². The first kappa shape index (κ1) is 19.1. The number of halogens is 1. The van der Waals surface area contributed by atoms with E-state index in [0.717, 1.165) is 16.7 Å². The number of amides is 2. The lowest BCUT2D eigenvalue weighted by atomic mass is 10.1. The van der Waals surface area contributed by atoms with Gasteiger partial charge in [0, 0.05) is 10.6 Å². The molecule has 0 atom stereocenters. The van der Waals surface area contributed by atoms with Crippen molar-refractivity contribution in [3.05, 3.63) is 70.6 Å². The maximum atomic E-state index is 12.8. The third-order valence-electron chi connectivity index (χ3n) is 3.72. The maximum Gasteiger partial charge on any atom is 0.298 e. The van der Waals surface area contributed by atoms with Gasteiger partial charge >= 0.3 is 0 Å². The number of carbonyl (C=O) groups is 2. The molecule has 7 heteroatoms. The minimum absolute atomic E-state index is 0.283. The van der Waals surface area contributed by atoms with Crippen LogP contribution in [0.2, 0.25) is 5.02 Å². The van der Waals surface area contributed by atoms with E-state index in [9.17, 15) is 9.59 Å². The molecule has 0 N–H and O–H groups in total. The highest BCUT2D eigenvalue weighted by Crippen LogP contribution is 2.39. The van der Waals surface area contributed by atoms with Crippen LogP contribution in [0.3, 0.4) is 0 Å². The molecule has 2 aromatic rings. The quantitative estimate of drug-likeness (QED) is 0.494. The number of anilines is 1. The van der Waals surface area contributed by atoms with Crippen molar-refractivity contribution in [2.75, 3.05) is 18.6 Å². The number of thioether (sulfide) groups is 1. The summed E-state index contributed by atoms with van der Waals surface area (Å²) in [6.07, 6.45) is 3.24. The molecule has 0 spiro atoms. The predicted octanol–water partition coefficient (Wildman–Crippen LogP) is 5.15. The third kappa shape index (κ3) is 4.02. The van der Waals surface area contributed by atoms with Gasteiger partial charge < -0.3 is 9.47 Å². The number of para-hydroxylation sites is 1. The van der Waals surface area contributed by atoms with Crippen molar-refractivity contribution in [1.82, 2.24) is 0 Å². The summed E-state index contributed by atoms with van der Waals surface area (Å²) in [5, 5.41) is 0.0633. The molecule has 1 aliphatic heterocycles. The number of imide groups is 1. The first-order valence-electron chi connectivity index (χ1n) is 7.99. The van der Waals surface area contributed by atoms with Crippen LogP contribution in [0.25, 0.3) is 6.08 Å². The topological polar surface area (TPSA) is 55.8 Å². The van der Waals surface area contributed by atoms with Crippen LogP contribution in [0, 0.1) is 0 Å². The minimum atomic E-state index is -0.412. The van der Waals surface area contributed by atoms with Gasteiger partial charge in [-0.2, -0.15) is 0 Å². The van der Waals surface area contributed by atoms with Gasteiger partial charge in [0.05, 0.1) is 17.7 Å². The van der Waals surface area contributed by atoms with Crippen molar-refractivity contribution in [3.63, 3.8) is 0 Å². The van der Waals surface area contributed by atoms with Crippen LogP contribution >= 0.6 is 23.4 Å². The van der Waals surface area contributed by atoms with Crippen molar-refractivity contribution in [2.45, 2.75) is 0 Å². The molecule has 1 heterocycles. The number of hydrogen-bond acceptors (Lipinski definition) is 5. The molecule has 5 nitrogen and oxygen atoms in total. The summed E-state index contributed by atoms with van der Waals surface area (Å²) in [6.45, 7) is 3.92. The molecule has 0 aromatic heterocycles. The number of hydrogen-bond donors (Lipinski definition) is 0. The highest BCUT2D eigenvalue weighted by atomic mass is 35.5. The fourth-order valence-electron chi connectivity index (χ4n) is 2.55. The van der Waals surface area contributed by atoms with Crippen LogP contribution in [0.4, 0.5) is 10.5 Å². The van der Waals surface area contributed by atoms with Gasteiger partial charge in [-0.25, -0.2) is 4.90 Å². The largest absolute Gasteiger partial charge is 0.493 e. The highest BCUT2D eigenvalue weighted by molar-refractivity contribution is 8.19. The van der Waals surface area contributed by atoms with E-state index in [1.807, 2.05) is 0 Å². The van der Waals surface area contributed by atoms with Gasteiger partial charge in [0.25, 0.3) is 11.1 Å². The average molecular weight is 402 g/mol. The van der Waals surface area contributed by atoms with E-state index in [2.05, 4.69) is 6.58 Å². The summed E-state index contributed by atoms with van der Waals surface area (Å²) in [4.78, 5) is 26.6. The predicted molar refractivity (Wildman–Crippen MR) is 109 cm³/mol. The molecule has 138 valence electrons. The van der Waals surface area contributed by atoms with E-state index in [1.165, 1.54) is 7.11 Å². The van der Waals surface area contributed by atoms with E-state index in [-0.39, 0.29) is 16.8 Å². The SMILES string of the molecule is C=CCOc1c(/C=C2/SC(=O)N(c3cccc(Cl)c3)C2=O)cccc1OC. The Hall–Kier alpha value is -2.70. The molecule has 2 amide bonds. The average Bonchev–Trinajstić information content (AvgIpc) is 2.93. The number of ether oxygens (including phenoxy) is 2. The van der Waals surface area contributed by atoms with Crippen LogP contribution < -0.4 is 14.4 Å². The number of benzene rings is 2. The van der Waals surface area contributed by atoms with Crippen molar-refractivity contribution >= 4 is 46.3 Å². The fraction of sp³-hybridized carbons (Fsp3) is 0.100. The Balaban J connectivity index is 1.98. The Bertz CT molecular complexity index is 941. The lowest BCUT2D eigenvalue weighted by Crippen LogP contribution is -2.27. The van der Waals surface area contributed by atoms with E-state index in [4.69, 9.17) is 21.1 Å². The molecule has 3 rings (SSSR count). The van der Waals surface area contributed by atoms with Gasteiger partial charge in [0.2, 0.25) is 0 Å². The minimum Gasteiger partial charge on any atom is -0.493 e. The van der Waals surface area contributed by atoms with Crippen molar-refractivity contribution in [2.24, 2.45) is 0 Å². The summed E-state index contributed by atoms with van der Waals surface area (Å²) in [5.41, 5.74) is 1.06. The van der Waals surface area contributed by atoms with Crippen LogP contribution in [-0.4, -0.2) is 24.9 Å². The summed E-state index contributed by atoms with van der Waals surface area (Å²) in [6, 6.07) is 11.9. The van der Waals surface area contributed by atoms with Gasteiger partial charge in [-0.05, 0) is 42.1 Å². The van der Waals surface area contributed by atoms with Gasteiger partial charge in [0.15, 0.2) is 11.5 Å². The Morgan fingerprint density at radius 3 is 2.70 bits per heavy atom. The molecule has 0 bridgehead atoms. The summed E-state index contributed by atoms with van der Waals surface area (Å²) < 4.78 is 11.0. The molecule has 1 saturated heterocycles. The molecule has 0 saturated carbocycles. The lowest BCUT2D eigenvalue weighted by Gasteiger charge is -2.13. The lowest BCUT2D eigenvalue weighted by molar-refractivity contribution is -0.113. The van der Waals surface area contributed by atoms with E-state index < -0.39 is 5.91 Å². The van der Waals surface area contributed by atoms with Crippen molar-refractivity contribution < 1.29 is 19.1 Å². The molecule has 1 fully saturated rings. The Labute approximate surface area is 166 Å². The van der Waals surface area contributed by atoms with E-state index in [0.29, 0.717) is 27.8 Å². The summed E-state index contributed by atoms with van der Waals surface area (Å²) in [7, 11) is 1.53. The molecule has 1 aliphatic rings. The Morgan fingerprint density at radius 2 is 2.00 bits per heavy atom. The smallest absolute Gasteiger partial charge is 0.298 e. The zero-order valence-electron chi connectivity index (χ0n) is 14.5. The number of carbonyl (C=O) groups excluding carboxylic acids is 2. The first-order chi connectivity index (χ1) is 13.0. The number of methoxy groups -OCH3 is 1. The van der Waals surface area contributed by atoms with Crippen LogP contribution in [0.15, 0.2) is 60.0 Å². The zero-order valence-corrected chi connectivity index (χ0v) is 16.0. The first-order valence-corrected chi connectivity index (χ1v) is 9.19. The van der Waals surface area contributed by atoms with Crippen molar-refractivity contribution in [1.29, 1.82) is 0 Å². The molecule has 2 aromatic carbocycles. The van der Waals surface area contributed by atoms with Gasteiger partial charge in [-0.15, -0.1) is 0 Å². The maximum absolute atomic E-state index is 12.8. The fourth-order valence-corrected chi connectivity index (χ4v) is 3.57. The molecule has 27 heavy (non-hydrogen) atoms. The second-order valence-corrected chi connectivity index (χ2v) is 6.90. The van der Waals surface area contributed by atoms with Crippen LogP contribution in [0.5, 0.6) is 11.5 Å². The number of nitrogens with zero attached hydrogens (tertiary/aromatic N) is 1. The van der Waals surface area contributed by atoms with Crippen LogP contribution in [0.1, 0.15) is 5.56 Å². The molecular weight excluding hydrogens is 386 g/mol. The molecule has 0 unspecified atom stereocenters. The Morgan fingerprint density at radius 1 is 1.22 bits per heavy atom. The standard InChI is InChI=1S/C20H16ClNO4S/c1-3-10-26-18-13(6-4-9-16(18)25-2)11-17-19(23)22(20(24)27-17)15-8-5-7-14(21)12-15/h3-9,11-12H,1,10H2,2H3/b17-11+. The third-order valence-corrected chi connectivity index (χ3v) is 4.83. The number of rotatable bonds is 6. The normalized spacial score (nSPS) is 15.3. The summed E-state index contributed by atoms with van der Waals surface area (Å²) in [5.74, 6) is 0.596. The van der Waals surface area contributed by atoms with Crippen LogP contribution in [-0.2, 0) is 4.79 Å². The van der Waals surface area contributed by atoms with Gasteiger partial charge in [-0.1, -0.05) is 42.5 Å². The molecular formula is C20H16ClNO4S. The second-order valence-electron chi connectivity index (χ2n) is 5.48. The Kier molecular flexibility index (Phi) is 5.88. The van der Waals surface area contributed by atoms with E-state index >= 15 is 0 Å².